The number of benzene rings is 2. The first-order chi connectivity index (χ1) is 12.0. The Kier molecular flexibility index (Phi) is 6.69. The molecule has 0 saturated heterocycles. The maximum Gasteiger partial charge on any atom is 0.312 e. The first kappa shape index (κ1) is 18.6. The van der Waals surface area contributed by atoms with Crippen LogP contribution in [0.25, 0.3) is 0 Å². The second kappa shape index (κ2) is 8.97. The van der Waals surface area contributed by atoms with Gasteiger partial charge in [-0.2, -0.15) is 0 Å². The van der Waals surface area contributed by atoms with Gasteiger partial charge in [-0.05, 0) is 35.6 Å². The summed E-state index contributed by atoms with van der Waals surface area (Å²) in [5, 5.41) is 12.1. The summed E-state index contributed by atoms with van der Waals surface area (Å²) in [4.78, 5) is 23.7. The zero-order valence-electron chi connectivity index (χ0n) is 14.1. The van der Waals surface area contributed by atoms with Gasteiger partial charge in [0.2, 0.25) is 5.91 Å². The number of halogens is 1. The van der Waals surface area contributed by atoms with E-state index in [2.05, 4.69) is 5.32 Å². The van der Waals surface area contributed by atoms with Crippen LogP contribution >= 0.6 is 0 Å². The number of carbonyl (C=O) groups excluding carboxylic acids is 1. The van der Waals surface area contributed by atoms with Gasteiger partial charge in [-0.15, -0.1) is 0 Å². The van der Waals surface area contributed by atoms with Crippen LogP contribution in [-0.4, -0.2) is 23.5 Å². The SMILES string of the molecule is CCC(CC(=O)NCC(C(=O)O)c1ccc(F)cc1)c1ccccc1. The number of aliphatic carboxylic acids is 1. The minimum atomic E-state index is -1.05. The molecule has 132 valence electrons. The molecule has 0 aliphatic heterocycles. The Morgan fingerprint density at radius 3 is 2.24 bits per heavy atom. The average molecular weight is 343 g/mol. The normalized spacial score (nSPS) is 13.0. The number of carbonyl (C=O) groups is 2. The summed E-state index contributed by atoms with van der Waals surface area (Å²) in [7, 11) is 0. The lowest BCUT2D eigenvalue weighted by Crippen LogP contribution is -2.32. The van der Waals surface area contributed by atoms with Crippen molar-refractivity contribution in [1.82, 2.24) is 5.32 Å². The summed E-state index contributed by atoms with van der Waals surface area (Å²) in [6, 6.07) is 15.1. The molecule has 1 amide bonds. The average Bonchev–Trinajstić information content (AvgIpc) is 2.61. The fraction of sp³-hybridized carbons (Fsp3) is 0.300. The van der Waals surface area contributed by atoms with Gasteiger partial charge in [0.05, 0.1) is 5.92 Å². The number of carboxylic acids is 1. The van der Waals surface area contributed by atoms with Crippen LogP contribution in [0.15, 0.2) is 54.6 Å². The molecule has 25 heavy (non-hydrogen) atoms. The number of hydrogen-bond acceptors (Lipinski definition) is 2. The summed E-state index contributed by atoms with van der Waals surface area (Å²) in [6.45, 7) is 1.99. The van der Waals surface area contributed by atoms with Crippen molar-refractivity contribution in [3.8, 4) is 0 Å². The van der Waals surface area contributed by atoms with E-state index in [1.165, 1.54) is 24.3 Å². The van der Waals surface area contributed by atoms with Gasteiger partial charge >= 0.3 is 5.97 Å². The molecule has 2 unspecified atom stereocenters. The van der Waals surface area contributed by atoms with Crippen molar-refractivity contribution in [2.24, 2.45) is 0 Å². The highest BCUT2D eigenvalue weighted by Gasteiger charge is 2.21. The van der Waals surface area contributed by atoms with Crippen molar-refractivity contribution >= 4 is 11.9 Å². The van der Waals surface area contributed by atoms with Crippen molar-refractivity contribution in [2.45, 2.75) is 31.6 Å². The van der Waals surface area contributed by atoms with Gasteiger partial charge in [0, 0.05) is 13.0 Å². The molecule has 4 nitrogen and oxygen atoms in total. The fourth-order valence-electron chi connectivity index (χ4n) is 2.78. The fourth-order valence-corrected chi connectivity index (χ4v) is 2.78. The maximum atomic E-state index is 13.0. The minimum absolute atomic E-state index is 0.0228. The largest absolute Gasteiger partial charge is 0.481 e. The summed E-state index contributed by atoms with van der Waals surface area (Å²) in [5.74, 6) is -2.48. The van der Waals surface area contributed by atoms with Crippen LogP contribution in [0.1, 0.15) is 42.7 Å². The molecule has 0 bridgehead atoms. The van der Waals surface area contributed by atoms with Gasteiger partial charge in [-0.25, -0.2) is 4.39 Å². The van der Waals surface area contributed by atoms with Crippen LogP contribution in [0.4, 0.5) is 4.39 Å². The lowest BCUT2D eigenvalue weighted by molar-refractivity contribution is -0.138. The highest BCUT2D eigenvalue weighted by atomic mass is 19.1. The highest BCUT2D eigenvalue weighted by Crippen LogP contribution is 2.23. The Balaban J connectivity index is 1.96. The maximum absolute atomic E-state index is 13.0. The molecule has 0 radical (unpaired) electrons. The van der Waals surface area contributed by atoms with Crippen molar-refractivity contribution in [3.05, 3.63) is 71.5 Å². The zero-order valence-corrected chi connectivity index (χ0v) is 14.1. The van der Waals surface area contributed by atoms with Crippen molar-refractivity contribution in [1.29, 1.82) is 0 Å². The molecule has 0 heterocycles. The standard InChI is InChI=1S/C20H22FNO3/c1-2-14(15-6-4-3-5-7-15)12-19(23)22-13-18(20(24)25)16-8-10-17(21)11-9-16/h3-11,14,18H,2,12-13H2,1H3,(H,22,23)(H,24,25). The number of carboxylic acid groups (broad SMARTS) is 1. The molecular weight excluding hydrogens is 321 g/mol. The first-order valence-electron chi connectivity index (χ1n) is 8.31. The lowest BCUT2D eigenvalue weighted by atomic mass is 9.93. The van der Waals surface area contributed by atoms with Crippen molar-refractivity contribution in [3.63, 3.8) is 0 Å². The predicted octanol–water partition coefficient (Wildman–Crippen LogP) is 3.69. The van der Waals surface area contributed by atoms with E-state index >= 15 is 0 Å². The van der Waals surface area contributed by atoms with E-state index in [1.807, 2.05) is 37.3 Å². The van der Waals surface area contributed by atoms with E-state index < -0.39 is 17.7 Å². The summed E-state index contributed by atoms with van der Waals surface area (Å²) in [5.41, 5.74) is 1.55. The molecule has 2 aromatic carbocycles. The third-order valence-corrected chi connectivity index (χ3v) is 4.27. The molecular formula is C20H22FNO3. The molecule has 2 rings (SSSR count). The lowest BCUT2D eigenvalue weighted by Gasteiger charge is -2.17. The van der Waals surface area contributed by atoms with Crippen LogP contribution in [0.3, 0.4) is 0 Å². The number of hydrogen-bond donors (Lipinski definition) is 2. The van der Waals surface area contributed by atoms with Crippen LogP contribution in [-0.2, 0) is 9.59 Å². The van der Waals surface area contributed by atoms with Crippen molar-refractivity contribution < 1.29 is 19.1 Å². The van der Waals surface area contributed by atoms with Gasteiger partial charge in [0.1, 0.15) is 5.82 Å². The molecule has 0 aliphatic carbocycles. The monoisotopic (exact) mass is 343 g/mol. The molecule has 5 heteroatoms. The molecule has 2 aromatic rings. The highest BCUT2D eigenvalue weighted by molar-refractivity contribution is 5.80. The summed E-state index contributed by atoms with van der Waals surface area (Å²) < 4.78 is 13.0. The van der Waals surface area contributed by atoms with Crippen LogP contribution < -0.4 is 5.32 Å². The third-order valence-electron chi connectivity index (χ3n) is 4.27. The minimum Gasteiger partial charge on any atom is -0.481 e. The molecule has 0 saturated carbocycles. The van der Waals surface area contributed by atoms with E-state index in [0.29, 0.717) is 12.0 Å². The summed E-state index contributed by atoms with van der Waals surface area (Å²) in [6.07, 6.45) is 1.12. The molecule has 0 fully saturated rings. The molecule has 0 spiro atoms. The third kappa shape index (κ3) is 5.41. The van der Waals surface area contributed by atoms with Gasteiger partial charge in [-0.1, -0.05) is 49.4 Å². The first-order valence-corrected chi connectivity index (χ1v) is 8.31. The molecule has 2 atom stereocenters. The van der Waals surface area contributed by atoms with E-state index in [0.717, 1.165) is 12.0 Å². The quantitative estimate of drug-likeness (QED) is 0.768. The zero-order chi connectivity index (χ0) is 18.2. The smallest absolute Gasteiger partial charge is 0.312 e. The van der Waals surface area contributed by atoms with Gasteiger partial charge < -0.3 is 10.4 Å². The Morgan fingerprint density at radius 1 is 1.04 bits per heavy atom. The van der Waals surface area contributed by atoms with Crippen molar-refractivity contribution in [2.75, 3.05) is 6.54 Å². The number of rotatable bonds is 8. The van der Waals surface area contributed by atoms with Gasteiger partial charge in [0.15, 0.2) is 0 Å². The topological polar surface area (TPSA) is 66.4 Å². The molecule has 0 aromatic heterocycles. The van der Waals surface area contributed by atoms with Crippen LogP contribution in [0, 0.1) is 5.82 Å². The van der Waals surface area contributed by atoms with Gasteiger partial charge in [0.25, 0.3) is 0 Å². The Morgan fingerprint density at radius 2 is 1.68 bits per heavy atom. The second-order valence-corrected chi connectivity index (χ2v) is 5.97. The number of nitrogens with one attached hydrogen (secondary N) is 1. The Hall–Kier alpha value is -2.69. The van der Waals surface area contributed by atoms with Gasteiger partial charge in [-0.3, -0.25) is 9.59 Å². The number of amides is 1. The molecule has 2 N–H and O–H groups in total. The molecule has 0 aliphatic rings. The van der Waals surface area contributed by atoms with Crippen LogP contribution in [0.2, 0.25) is 0 Å². The van der Waals surface area contributed by atoms with E-state index in [1.54, 1.807) is 0 Å². The Labute approximate surface area is 146 Å². The second-order valence-electron chi connectivity index (χ2n) is 5.97. The van der Waals surface area contributed by atoms with E-state index in [4.69, 9.17) is 0 Å². The van der Waals surface area contributed by atoms with E-state index in [-0.39, 0.29) is 18.4 Å². The van der Waals surface area contributed by atoms with E-state index in [9.17, 15) is 19.1 Å². The summed E-state index contributed by atoms with van der Waals surface area (Å²) >= 11 is 0. The Bertz CT molecular complexity index is 701. The predicted molar refractivity (Wildman–Crippen MR) is 93.9 cm³/mol. The van der Waals surface area contributed by atoms with Crippen LogP contribution in [0.5, 0.6) is 0 Å².